The van der Waals surface area contributed by atoms with Gasteiger partial charge in [0.25, 0.3) is 5.91 Å². The van der Waals surface area contributed by atoms with E-state index in [2.05, 4.69) is 5.32 Å². The number of β-amino-alcohol motifs (C(OH)–C–C–N with tert-alkyl or cyclic N) is 1. The number of aliphatic hydroxyl groups excluding tert-OH is 1. The SMILES string of the molecule is O=C(COC(=O)C1CC(O)CN1S(=O)(=O)c1ccc2ccccc2c1)NC(c1ccccc1)c1ccccc1. The Bertz CT molecular complexity index is 1540. The number of amides is 1. The van der Waals surface area contributed by atoms with Crippen molar-refractivity contribution < 1.29 is 27.9 Å². The third-order valence-electron chi connectivity index (χ3n) is 6.75. The van der Waals surface area contributed by atoms with E-state index in [0.29, 0.717) is 0 Å². The van der Waals surface area contributed by atoms with Gasteiger partial charge < -0.3 is 15.2 Å². The smallest absolute Gasteiger partial charge is 0.325 e. The van der Waals surface area contributed by atoms with Gasteiger partial charge in [0.1, 0.15) is 6.04 Å². The Morgan fingerprint density at radius 3 is 2.10 bits per heavy atom. The monoisotopic (exact) mass is 544 g/mol. The zero-order valence-corrected chi connectivity index (χ0v) is 21.8. The average Bonchev–Trinajstić information content (AvgIpc) is 3.38. The van der Waals surface area contributed by atoms with Crippen LogP contribution in [0.1, 0.15) is 23.6 Å². The maximum absolute atomic E-state index is 13.5. The normalized spacial score (nSPS) is 17.8. The van der Waals surface area contributed by atoms with E-state index >= 15 is 0 Å². The molecule has 2 atom stereocenters. The summed E-state index contributed by atoms with van der Waals surface area (Å²) in [4.78, 5) is 25.9. The van der Waals surface area contributed by atoms with Crippen molar-refractivity contribution in [3.63, 3.8) is 0 Å². The third-order valence-corrected chi connectivity index (χ3v) is 8.62. The van der Waals surface area contributed by atoms with Crippen LogP contribution in [0.4, 0.5) is 0 Å². The highest BCUT2D eigenvalue weighted by molar-refractivity contribution is 7.89. The summed E-state index contributed by atoms with van der Waals surface area (Å²) in [6.45, 7) is -0.837. The second kappa shape index (κ2) is 11.4. The van der Waals surface area contributed by atoms with Gasteiger partial charge in [-0.1, -0.05) is 91.0 Å². The highest BCUT2D eigenvalue weighted by atomic mass is 32.2. The number of nitrogens with zero attached hydrogens (tertiary/aromatic N) is 1. The van der Waals surface area contributed by atoms with Gasteiger partial charge in [-0.3, -0.25) is 9.59 Å². The summed E-state index contributed by atoms with van der Waals surface area (Å²) < 4.78 is 33.2. The van der Waals surface area contributed by atoms with Crippen LogP contribution in [0.3, 0.4) is 0 Å². The van der Waals surface area contributed by atoms with Crippen molar-refractivity contribution >= 4 is 32.7 Å². The van der Waals surface area contributed by atoms with Gasteiger partial charge in [-0.15, -0.1) is 0 Å². The largest absolute Gasteiger partial charge is 0.454 e. The number of sulfonamides is 1. The standard InChI is InChI=1S/C30H28N2O6S/c33-25-18-27(32(19-25)39(36,37)26-16-15-21-9-7-8-14-24(21)17-26)30(35)38-20-28(34)31-29(22-10-3-1-4-11-22)23-12-5-2-6-13-23/h1-17,25,27,29,33H,18-20H2,(H,31,34). The molecule has 0 spiro atoms. The summed E-state index contributed by atoms with van der Waals surface area (Å²) in [5.41, 5.74) is 1.71. The molecule has 8 nitrogen and oxygen atoms in total. The Morgan fingerprint density at radius 2 is 1.46 bits per heavy atom. The second-order valence-corrected chi connectivity index (χ2v) is 11.3. The Morgan fingerprint density at radius 1 is 0.872 bits per heavy atom. The van der Waals surface area contributed by atoms with Crippen LogP contribution in [0.15, 0.2) is 108 Å². The molecule has 1 heterocycles. The van der Waals surface area contributed by atoms with Crippen molar-refractivity contribution in [2.75, 3.05) is 13.2 Å². The number of carbonyl (C=O) groups is 2. The summed E-state index contributed by atoms with van der Waals surface area (Å²) in [5, 5.41) is 14.8. The number of nitrogens with one attached hydrogen (secondary N) is 1. The lowest BCUT2D eigenvalue weighted by molar-refractivity contribution is -0.151. The van der Waals surface area contributed by atoms with Crippen molar-refractivity contribution in [3.05, 3.63) is 114 Å². The van der Waals surface area contributed by atoms with E-state index in [1.54, 1.807) is 18.2 Å². The minimum atomic E-state index is -4.11. The molecule has 4 aromatic rings. The lowest BCUT2D eigenvalue weighted by atomic mass is 9.99. The molecule has 9 heteroatoms. The predicted molar refractivity (Wildman–Crippen MR) is 146 cm³/mol. The molecule has 0 aliphatic carbocycles. The predicted octanol–water partition coefficient (Wildman–Crippen LogP) is 3.41. The van der Waals surface area contributed by atoms with Crippen molar-refractivity contribution in [1.29, 1.82) is 0 Å². The van der Waals surface area contributed by atoms with Gasteiger partial charge in [-0.05, 0) is 34.0 Å². The molecule has 0 radical (unpaired) electrons. The number of esters is 1. The Hall–Kier alpha value is -4.05. The van der Waals surface area contributed by atoms with Crippen molar-refractivity contribution in [2.24, 2.45) is 0 Å². The fraction of sp³-hybridized carbons (Fsp3) is 0.200. The van der Waals surface area contributed by atoms with E-state index in [0.717, 1.165) is 26.2 Å². The first-order valence-electron chi connectivity index (χ1n) is 12.6. The third kappa shape index (κ3) is 5.85. The molecular weight excluding hydrogens is 516 g/mol. The molecule has 1 saturated heterocycles. The molecule has 200 valence electrons. The molecule has 0 aromatic heterocycles. The number of hydrogen-bond acceptors (Lipinski definition) is 6. The maximum atomic E-state index is 13.5. The number of carbonyl (C=O) groups excluding carboxylic acids is 2. The second-order valence-electron chi connectivity index (χ2n) is 9.42. The summed E-state index contributed by atoms with van der Waals surface area (Å²) in [6.07, 6.45) is -1.16. The topological polar surface area (TPSA) is 113 Å². The molecule has 2 unspecified atom stereocenters. The number of ether oxygens (including phenoxy) is 1. The fourth-order valence-electron chi connectivity index (χ4n) is 4.81. The van der Waals surface area contributed by atoms with Crippen LogP contribution < -0.4 is 5.32 Å². The lowest BCUT2D eigenvalue weighted by Gasteiger charge is -2.23. The molecule has 39 heavy (non-hydrogen) atoms. The first-order chi connectivity index (χ1) is 18.8. The first-order valence-corrected chi connectivity index (χ1v) is 14.0. The Balaban J connectivity index is 1.29. The van der Waals surface area contributed by atoms with Gasteiger partial charge in [0.05, 0.1) is 17.0 Å². The minimum absolute atomic E-state index is 0.0133. The van der Waals surface area contributed by atoms with E-state index in [1.807, 2.05) is 78.9 Å². The molecule has 2 N–H and O–H groups in total. The van der Waals surface area contributed by atoms with Crippen LogP contribution in [-0.2, 0) is 24.3 Å². The lowest BCUT2D eigenvalue weighted by Crippen LogP contribution is -2.42. The van der Waals surface area contributed by atoms with Gasteiger partial charge in [0, 0.05) is 13.0 Å². The number of rotatable bonds is 8. The van der Waals surface area contributed by atoms with Crippen LogP contribution >= 0.6 is 0 Å². The number of benzene rings is 4. The fourth-order valence-corrected chi connectivity index (χ4v) is 6.48. The van der Waals surface area contributed by atoms with Gasteiger partial charge >= 0.3 is 5.97 Å². The molecule has 1 amide bonds. The molecule has 0 saturated carbocycles. The average molecular weight is 545 g/mol. The van der Waals surface area contributed by atoms with E-state index in [9.17, 15) is 23.1 Å². The quantitative estimate of drug-likeness (QED) is 0.329. The Labute approximate surface area is 226 Å². The van der Waals surface area contributed by atoms with E-state index in [4.69, 9.17) is 4.74 Å². The minimum Gasteiger partial charge on any atom is -0.454 e. The summed E-state index contributed by atoms with van der Waals surface area (Å²) >= 11 is 0. The van der Waals surface area contributed by atoms with Crippen LogP contribution in [-0.4, -0.2) is 55.0 Å². The molecule has 1 fully saturated rings. The first kappa shape index (κ1) is 26.6. The molecule has 0 bridgehead atoms. The summed E-state index contributed by atoms with van der Waals surface area (Å²) in [7, 11) is -4.11. The maximum Gasteiger partial charge on any atom is 0.325 e. The van der Waals surface area contributed by atoms with Crippen molar-refractivity contribution in [2.45, 2.75) is 29.5 Å². The summed E-state index contributed by atoms with van der Waals surface area (Å²) in [6, 6.07) is 29.1. The highest BCUT2D eigenvalue weighted by Gasteiger charge is 2.44. The molecule has 5 rings (SSSR count). The number of fused-ring (bicyclic) bond motifs is 1. The van der Waals surface area contributed by atoms with Crippen LogP contribution in [0.2, 0.25) is 0 Å². The van der Waals surface area contributed by atoms with Gasteiger partial charge in [-0.25, -0.2) is 8.42 Å². The van der Waals surface area contributed by atoms with E-state index < -0.39 is 46.7 Å². The van der Waals surface area contributed by atoms with Gasteiger partial charge in [0.15, 0.2) is 6.61 Å². The van der Waals surface area contributed by atoms with Crippen LogP contribution in [0.5, 0.6) is 0 Å². The number of aliphatic hydroxyl groups is 1. The Kier molecular flexibility index (Phi) is 7.74. The van der Waals surface area contributed by atoms with Gasteiger partial charge in [-0.2, -0.15) is 4.31 Å². The van der Waals surface area contributed by atoms with E-state index in [1.165, 1.54) is 6.07 Å². The van der Waals surface area contributed by atoms with Gasteiger partial charge in [0.2, 0.25) is 10.0 Å². The molecular formula is C30H28N2O6S. The van der Waals surface area contributed by atoms with Crippen LogP contribution in [0, 0.1) is 0 Å². The van der Waals surface area contributed by atoms with Crippen LogP contribution in [0.25, 0.3) is 10.8 Å². The van der Waals surface area contributed by atoms with E-state index in [-0.39, 0.29) is 17.9 Å². The molecule has 1 aliphatic rings. The van der Waals surface area contributed by atoms with Crippen molar-refractivity contribution in [3.8, 4) is 0 Å². The highest BCUT2D eigenvalue weighted by Crippen LogP contribution is 2.29. The summed E-state index contributed by atoms with van der Waals surface area (Å²) in [5.74, 6) is -1.43. The molecule has 4 aromatic carbocycles. The van der Waals surface area contributed by atoms with Crippen molar-refractivity contribution in [1.82, 2.24) is 9.62 Å². The molecule has 1 aliphatic heterocycles. The zero-order chi connectivity index (χ0) is 27.4. The number of hydrogen-bond donors (Lipinski definition) is 2. The zero-order valence-electron chi connectivity index (χ0n) is 21.0.